The summed E-state index contributed by atoms with van der Waals surface area (Å²) in [5, 5.41) is 11.8. The number of halogens is 1. The Balaban J connectivity index is 1.71. The van der Waals surface area contributed by atoms with Gasteiger partial charge in [0.15, 0.2) is 21.5 Å². The van der Waals surface area contributed by atoms with Gasteiger partial charge in [0.05, 0.1) is 19.2 Å². The van der Waals surface area contributed by atoms with E-state index < -0.39 is 11.7 Å². The molecule has 0 aliphatic rings. The number of carbonyl (C=O) groups excluding carboxylic acids is 1. The molecule has 1 aromatic carbocycles. The highest BCUT2D eigenvalue weighted by Crippen LogP contribution is 2.21. The molecule has 2 N–H and O–H groups in total. The maximum Gasteiger partial charge on any atom is 0.257 e. The summed E-state index contributed by atoms with van der Waals surface area (Å²) < 4.78 is 20.9. The molecule has 7 nitrogen and oxygen atoms in total. The van der Waals surface area contributed by atoms with Crippen molar-refractivity contribution < 1.29 is 13.9 Å². The lowest BCUT2D eigenvalue weighted by molar-refractivity contribution is 0.102. The van der Waals surface area contributed by atoms with Gasteiger partial charge in [-0.15, -0.1) is 17.9 Å². The maximum absolute atomic E-state index is 13.8. The molecular weight excluding hydrogens is 389 g/mol. The smallest absolute Gasteiger partial charge is 0.257 e. The molecule has 10 heteroatoms. The Morgan fingerprint density at radius 2 is 2.37 bits per heavy atom. The van der Waals surface area contributed by atoms with E-state index in [2.05, 4.69) is 27.1 Å². The van der Waals surface area contributed by atoms with Crippen LogP contribution in [0.25, 0.3) is 0 Å². The number of ether oxygens (including phenoxy) is 1. The van der Waals surface area contributed by atoms with Crippen LogP contribution >= 0.6 is 23.6 Å². The van der Waals surface area contributed by atoms with Crippen LogP contribution in [0, 0.1) is 10.6 Å². The van der Waals surface area contributed by atoms with E-state index in [-0.39, 0.29) is 11.3 Å². The number of nitrogens with one attached hydrogen (secondary N) is 2. The van der Waals surface area contributed by atoms with Crippen LogP contribution in [0.4, 0.5) is 9.52 Å². The third kappa shape index (κ3) is 4.29. The van der Waals surface area contributed by atoms with E-state index in [9.17, 15) is 9.18 Å². The van der Waals surface area contributed by atoms with Gasteiger partial charge in [-0.3, -0.25) is 19.8 Å². The van der Waals surface area contributed by atoms with Gasteiger partial charge in [-0.25, -0.2) is 9.37 Å². The second-order valence-corrected chi connectivity index (χ2v) is 6.71. The lowest BCUT2D eigenvalue weighted by Gasteiger charge is -2.05. The Morgan fingerprint density at radius 1 is 1.56 bits per heavy atom. The number of hydrogen-bond acceptors (Lipinski definition) is 6. The van der Waals surface area contributed by atoms with E-state index in [1.165, 1.54) is 30.6 Å². The van der Waals surface area contributed by atoms with Crippen molar-refractivity contribution in [3.8, 4) is 5.75 Å². The average Bonchev–Trinajstić information content (AvgIpc) is 3.23. The van der Waals surface area contributed by atoms with Crippen molar-refractivity contribution in [1.29, 1.82) is 0 Å². The quantitative estimate of drug-likeness (QED) is 0.464. The minimum atomic E-state index is -0.602. The molecule has 27 heavy (non-hydrogen) atoms. The number of thiazole rings is 1. The van der Waals surface area contributed by atoms with Gasteiger partial charge >= 0.3 is 0 Å². The van der Waals surface area contributed by atoms with E-state index in [0.29, 0.717) is 22.9 Å². The van der Waals surface area contributed by atoms with Crippen molar-refractivity contribution in [2.75, 3.05) is 12.4 Å². The van der Waals surface area contributed by atoms with Crippen molar-refractivity contribution >= 4 is 34.6 Å². The Bertz CT molecular complexity index is 1040. The first kappa shape index (κ1) is 18.9. The van der Waals surface area contributed by atoms with Gasteiger partial charge in [0.1, 0.15) is 5.82 Å². The number of allylic oxidation sites excluding steroid dienone is 1. The molecule has 3 rings (SSSR count). The minimum absolute atomic E-state index is 0.0797. The first-order valence-electron chi connectivity index (χ1n) is 7.86. The standard InChI is InChI=1S/C17H16FN5O2S2/c1-3-6-23-14(21-22-17(23)26)8-11-9-27-16(19-11)20-15(24)10-4-5-13(25-2)12(18)7-10/h3-5,7,9H,1,6,8H2,2H3,(H,22,26)(H,19,20,24). The zero-order chi connectivity index (χ0) is 19.4. The number of methoxy groups -OCH3 is 1. The SMILES string of the molecule is C=CCn1c(Cc2csc(NC(=O)c3ccc(OC)c(F)c3)n2)n[nH]c1=S. The normalized spacial score (nSPS) is 10.6. The number of benzene rings is 1. The van der Waals surface area contributed by atoms with Crippen LogP contribution in [0.15, 0.2) is 36.2 Å². The summed E-state index contributed by atoms with van der Waals surface area (Å²) in [4.78, 5) is 16.7. The third-order valence-corrected chi connectivity index (χ3v) is 4.79. The maximum atomic E-state index is 13.8. The van der Waals surface area contributed by atoms with Crippen LogP contribution < -0.4 is 10.1 Å². The minimum Gasteiger partial charge on any atom is -0.494 e. The summed E-state index contributed by atoms with van der Waals surface area (Å²) in [5.41, 5.74) is 0.910. The highest BCUT2D eigenvalue weighted by atomic mass is 32.1. The lowest BCUT2D eigenvalue weighted by Crippen LogP contribution is -2.12. The number of rotatable bonds is 7. The average molecular weight is 405 g/mol. The number of H-pyrrole nitrogens is 1. The zero-order valence-electron chi connectivity index (χ0n) is 14.4. The first-order valence-corrected chi connectivity index (χ1v) is 9.15. The molecule has 1 amide bonds. The Hall–Kier alpha value is -2.85. The second kappa shape index (κ2) is 8.23. The molecule has 140 valence electrons. The number of aromatic nitrogens is 4. The van der Waals surface area contributed by atoms with Gasteiger partial charge < -0.3 is 4.74 Å². The Kier molecular flexibility index (Phi) is 5.77. The summed E-state index contributed by atoms with van der Waals surface area (Å²) in [6, 6.07) is 4.01. The summed E-state index contributed by atoms with van der Waals surface area (Å²) in [5.74, 6) is -0.252. The van der Waals surface area contributed by atoms with Crippen molar-refractivity contribution in [3.05, 3.63) is 63.9 Å². The van der Waals surface area contributed by atoms with Gasteiger partial charge in [-0.05, 0) is 30.4 Å². The first-order chi connectivity index (χ1) is 13.0. The molecule has 0 aliphatic carbocycles. The summed E-state index contributed by atoms with van der Waals surface area (Å²) >= 11 is 6.46. The van der Waals surface area contributed by atoms with Crippen LogP contribution in [0.3, 0.4) is 0 Å². The number of aromatic amines is 1. The van der Waals surface area contributed by atoms with Gasteiger partial charge in [-0.2, -0.15) is 5.10 Å². The van der Waals surface area contributed by atoms with Gasteiger partial charge in [0, 0.05) is 17.5 Å². The van der Waals surface area contributed by atoms with E-state index in [1.54, 1.807) is 6.08 Å². The second-order valence-electron chi connectivity index (χ2n) is 5.47. The molecule has 2 aromatic heterocycles. The number of nitrogens with zero attached hydrogens (tertiary/aromatic N) is 3. The largest absolute Gasteiger partial charge is 0.494 e. The summed E-state index contributed by atoms with van der Waals surface area (Å²) in [7, 11) is 1.36. The fourth-order valence-corrected chi connectivity index (χ4v) is 3.32. The fraction of sp³-hybridized carbons (Fsp3) is 0.176. The predicted molar refractivity (Wildman–Crippen MR) is 103 cm³/mol. The molecule has 0 saturated heterocycles. The molecule has 2 heterocycles. The summed E-state index contributed by atoms with van der Waals surface area (Å²) in [6.07, 6.45) is 2.18. The van der Waals surface area contributed by atoms with Crippen LogP contribution in [-0.2, 0) is 13.0 Å². The van der Waals surface area contributed by atoms with Crippen molar-refractivity contribution in [3.63, 3.8) is 0 Å². The molecule has 0 bridgehead atoms. The van der Waals surface area contributed by atoms with E-state index >= 15 is 0 Å². The van der Waals surface area contributed by atoms with Crippen molar-refractivity contribution in [2.24, 2.45) is 0 Å². The monoisotopic (exact) mass is 405 g/mol. The van der Waals surface area contributed by atoms with E-state index in [0.717, 1.165) is 17.6 Å². The molecule has 3 aromatic rings. The highest BCUT2D eigenvalue weighted by molar-refractivity contribution is 7.71. The molecular formula is C17H16FN5O2S2. The molecule has 0 unspecified atom stereocenters. The topological polar surface area (TPSA) is 84.8 Å². The third-order valence-electron chi connectivity index (χ3n) is 3.67. The number of anilines is 1. The van der Waals surface area contributed by atoms with Gasteiger partial charge in [0.25, 0.3) is 5.91 Å². The number of carbonyl (C=O) groups is 1. The van der Waals surface area contributed by atoms with Crippen LogP contribution in [0.1, 0.15) is 21.9 Å². The molecule has 0 fully saturated rings. The van der Waals surface area contributed by atoms with Crippen LogP contribution in [-0.4, -0.2) is 32.8 Å². The van der Waals surface area contributed by atoms with Crippen molar-refractivity contribution in [1.82, 2.24) is 19.7 Å². The molecule has 0 spiro atoms. The predicted octanol–water partition coefficient (Wildman–Crippen LogP) is 3.57. The molecule has 0 radical (unpaired) electrons. The molecule has 0 aliphatic heterocycles. The van der Waals surface area contributed by atoms with Crippen LogP contribution in [0.2, 0.25) is 0 Å². The van der Waals surface area contributed by atoms with Gasteiger partial charge in [0.2, 0.25) is 0 Å². The summed E-state index contributed by atoms with van der Waals surface area (Å²) in [6.45, 7) is 4.25. The fourth-order valence-electron chi connectivity index (χ4n) is 2.39. The van der Waals surface area contributed by atoms with Crippen LogP contribution in [0.5, 0.6) is 5.75 Å². The van der Waals surface area contributed by atoms with E-state index in [1.807, 2.05) is 9.95 Å². The van der Waals surface area contributed by atoms with E-state index in [4.69, 9.17) is 17.0 Å². The number of amides is 1. The highest BCUT2D eigenvalue weighted by Gasteiger charge is 2.13. The zero-order valence-corrected chi connectivity index (χ0v) is 16.0. The number of hydrogen-bond donors (Lipinski definition) is 2. The van der Waals surface area contributed by atoms with Crippen molar-refractivity contribution in [2.45, 2.75) is 13.0 Å². The molecule has 0 atom stereocenters. The Labute approximate surface area is 163 Å². The lowest BCUT2D eigenvalue weighted by atomic mass is 10.2. The Morgan fingerprint density at radius 3 is 3.07 bits per heavy atom. The van der Waals surface area contributed by atoms with Gasteiger partial charge in [-0.1, -0.05) is 6.08 Å². The molecule has 0 saturated carbocycles.